The van der Waals surface area contributed by atoms with E-state index in [0.29, 0.717) is 0 Å². The van der Waals surface area contributed by atoms with Gasteiger partial charge in [0.2, 0.25) is 0 Å². The Morgan fingerprint density at radius 3 is 0.403 bits per heavy atom. The Labute approximate surface area is 419 Å². The molecule has 360 valence electrons. The van der Waals surface area contributed by atoms with Crippen molar-refractivity contribution in [3.63, 3.8) is 0 Å². The third kappa shape index (κ3) is 80.2. The normalized spacial score (nSPS) is 10.5. The molecule has 0 aliphatic rings. The number of hydrogen-bond acceptors (Lipinski definition) is 6. The van der Waals surface area contributed by atoms with Crippen molar-refractivity contribution in [3.05, 3.63) is 0 Å². The first-order chi connectivity index (χ1) is 29.3. The van der Waals surface area contributed by atoms with Gasteiger partial charge in [0.1, 0.15) is 0 Å². The van der Waals surface area contributed by atoms with Gasteiger partial charge in [0.15, 0.2) is 0 Å². The Morgan fingerprint density at radius 2 is 0.306 bits per heavy atom. The minimum Gasteiger partial charge on any atom is -0.550 e. The van der Waals surface area contributed by atoms with Crippen molar-refractivity contribution >= 4 is 64.0 Å². The molecule has 0 spiro atoms. The number of aliphatic carboxylic acids is 3. The molecule has 0 aromatic heterocycles. The maximum absolute atomic E-state index is 10.2. The smallest absolute Gasteiger partial charge is 0.550 e. The van der Waals surface area contributed by atoms with Crippen LogP contribution >= 0.6 is 0 Å². The second kappa shape index (κ2) is 67.5. The molecular formula is C54H105Mg2O6+. The number of unbranched alkanes of at least 4 members (excludes halogenated alkanes) is 42. The number of rotatable bonds is 48. The molecule has 0 saturated carbocycles. The summed E-state index contributed by atoms with van der Waals surface area (Å²) in [6, 6.07) is 0. The van der Waals surface area contributed by atoms with E-state index in [1.807, 2.05) is 0 Å². The van der Waals surface area contributed by atoms with Crippen LogP contribution in [0.4, 0.5) is 0 Å². The number of carbonyl (C=O) groups is 3. The van der Waals surface area contributed by atoms with Crippen LogP contribution < -0.4 is 15.3 Å². The molecule has 62 heavy (non-hydrogen) atoms. The van der Waals surface area contributed by atoms with Gasteiger partial charge in [-0.05, 0) is 38.5 Å². The zero-order chi connectivity index (χ0) is 44.7. The van der Waals surface area contributed by atoms with Crippen LogP contribution in [0, 0.1) is 0 Å². The second-order valence-corrected chi connectivity index (χ2v) is 18.2. The van der Waals surface area contributed by atoms with Crippen LogP contribution in [0.15, 0.2) is 0 Å². The van der Waals surface area contributed by atoms with Crippen LogP contribution in [0.5, 0.6) is 0 Å². The first-order valence-electron chi connectivity index (χ1n) is 26.9. The molecule has 8 heteroatoms. The molecule has 0 radical (unpaired) electrons. The van der Waals surface area contributed by atoms with E-state index < -0.39 is 17.9 Å². The summed E-state index contributed by atoms with van der Waals surface area (Å²) in [6.07, 6.45) is 59.6. The van der Waals surface area contributed by atoms with Gasteiger partial charge in [-0.1, -0.05) is 290 Å². The van der Waals surface area contributed by atoms with Crippen molar-refractivity contribution in [2.45, 2.75) is 329 Å². The van der Waals surface area contributed by atoms with Crippen molar-refractivity contribution in [3.8, 4) is 0 Å². The molecular weight excluding hydrogens is 793 g/mol. The fourth-order valence-electron chi connectivity index (χ4n) is 7.92. The molecule has 0 atom stereocenters. The van der Waals surface area contributed by atoms with Crippen LogP contribution in [-0.2, 0) is 14.4 Å². The van der Waals surface area contributed by atoms with Crippen molar-refractivity contribution < 1.29 is 29.7 Å². The number of carbonyl (C=O) groups excluding carboxylic acids is 3. The van der Waals surface area contributed by atoms with E-state index in [9.17, 15) is 29.7 Å². The molecule has 0 aliphatic heterocycles. The summed E-state index contributed by atoms with van der Waals surface area (Å²) in [7, 11) is 0. The molecule has 0 aromatic carbocycles. The SMILES string of the molecule is CCCCCCCCCCCCCCCCCC(=O)[O-].CCCCCCCCCCCCCCCCCC(=O)[O-].CCCCCCCCCCCCCCCCCC(=O)[O-].[Mg+2].[Mg+2]. The van der Waals surface area contributed by atoms with Gasteiger partial charge in [-0.15, -0.1) is 0 Å². The Balaban J connectivity index is -0.000000258. The Morgan fingerprint density at radius 1 is 0.210 bits per heavy atom. The maximum atomic E-state index is 10.2. The summed E-state index contributed by atoms with van der Waals surface area (Å²) in [5.41, 5.74) is 0. The van der Waals surface area contributed by atoms with E-state index in [4.69, 9.17) is 0 Å². The fraction of sp³-hybridized carbons (Fsp3) is 0.944. The van der Waals surface area contributed by atoms with Gasteiger partial charge in [0.25, 0.3) is 0 Å². The van der Waals surface area contributed by atoms with Crippen LogP contribution in [-0.4, -0.2) is 64.0 Å². The molecule has 0 bridgehead atoms. The van der Waals surface area contributed by atoms with Crippen molar-refractivity contribution in [2.24, 2.45) is 0 Å². The van der Waals surface area contributed by atoms with E-state index in [-0.39, 0.29) is 65.4 Å². The topological polar surface area (TPSA) is 120 Å². The van der Waals surface area contributed by atoms with Crippen LogP contribution in [0.1, 0.15) is 329 Å². The van der Waals surface area contributed by atoms with Crippen LogP contribution in [0.2, 0.25) is 0 Å². The summed E-state index contributed by atoms with van der Waals surface area (Å²) in [5.74, 6) is -2.71. The largest absolute Gasteiger partial charge is 2.00 e. The molecule has 0 N–H and O–H groups in total. The molecule has 0 aromatic rings. The number of carboxylic acids is 3. The minimum atomic E-state index is -0.903. The number of hydrogen-bond donors (Lipinski definition) is 0. The maximum Gasteiger partial charge on any atom is 2.00 e. The summed E-state index contributed by atoms with van der Waals surface area (Å²) >= 11 is 0. The molecule has 0 amide bonds. The van der Waals surface area contributed by atoms with Crippen molar-refractivity contribution in [1.82, 2.24) is 0 Å². The predicted molar refractivity (Wildman–Crippen MR) is 265 cm³/mol. The predicted octanol–water partition coefficient (Wildman–Crippen LogP) is 14.2. The van der Waals surface area contributed by atoms with E-state index in [1.165, 1.54) is 250 Å². The summed E-state index contributed by atoms with van der Waals surface area (Å²) in [6.45, 7) is 6.80. The molecule has 6 nitrogen and oxygen atoms in total. The monoisotopic (exact) mass is 898 g/mol. The van der Waals surface area contributed by atoms with Gasteiger partial charge in [-0.2, -0.15) is 0 Å². The van der Waals surface area contributed by atoms with Gasteiger partial charge in [0, 0.05) is 17.9 Å². The second-order valence-electron chi connectivity index (χ2n) is 18.2. The van der Waals surface area contributed by atoms with Crippen LogP contribution in [0.25, 0.3) is 0 Å². The van der Waals surface area contributed by atoms with Gasteiger partial charge in [-0.25, -0.2) is 0 Å². The third-order valence-electron chi connectivity index (χ3n) is 12.0. The van der Waals surface area contributed by atoms with Gasteiger partial charge in [0.05, 0.1) is 0 Å². The molecule has 0 heterocycles. The van der Waals surface area contributed by atoms with Gasteiger partial charge < -0.3 is 29.7 Å². The van der Waals surface area contributed by atoms with E-state index in [2.05, 4.69) is 20.8 Å². The minimum absolute atomic E-state index is 0. The van der Waals surface area contributed by atoms with Crippen LogP contribution in [0.3, 0.4) is 0 Å². The Kier molecular flexibility index (Phi) is 77.3. The molecule has 0 rings (SSSR count). The summed E-state index contributed by atoms with van der Waals surface area (Å²) < 4.78 is 0. The van der Waals surface area contributed by atoms with E-state index >= 15 is 0 Å². The van der Waals surface area contributed by atoms with E-state index in [0.717, 1.165) is 38.5 Å². The number of carboxylic acid groups (broad SMARTS) is 3. The molecule has 0 saturated heterocycles. The fourth-order valence-corrected chi connectivity index (χ4v) is 7.92. The zero-order valence-corrected chi connectivity index (χ0v) is 45.1. The molecule has 0 unspecified atom stereocenters. The third-order valence-corrected chi connectivity index (χ3v) is 12.0. The quantitative estimate of drug-likeness (QED) is 0.0443. The van der Waals surface area contributed by atoms with Crippen molar-refractivity contribution in [1.29, 1.82) is 0 Å². The van der Waals surface area contributed by atoms with Gasteiger partial charge >= 0.3 is 46.1 Å². The average Bonchev–Trinajstić information content (AvgIpc) is 3.22. The zero-order valence-electron chi connectivity index (χ0n) is 42.3. The molecule has 0 fully saturated rings. The summed E-state index contributed by atoms with van der Waals surface area (Å²) in [5, 5.41) is 30.7. The first kappa shape index (κ1) is 71.0. The Hall–Kier alpha value is -0.0575. The molecule has 0 aliphatic carbocycles. The van der Waals surface area contributed by atoms with Crippen molar-refractivity contribution in [2.75, 3.05) is 0 Å². The average molecular weight is 899 g/mol. The standard InChI is InChI=1S/3C18H36O2.2Mg/c3*1-2-3-4-5-6-7-8-9-10-11-12-13-14-15-16-17-18(19)20;;/h3*2-17H2,1H3,(H,19,20);;/q;;;2*+2/p-3. The summed E-state index contributed by atoms with van der Waals surface area (Å²) in [4.78, 5) is 30.7. The van der Waals surface area contributed by atoms with Gasteiger partial charge in [-0.3, -0.25) is 0 Å². The van der Waals surface area contributed by atoms with E-state index in [1.54, 1.807) is 0 Å². The first-order valence-corrected chi connectivity index (χ1v) is 26.9. The Bertz CT molecular complexity index is 722.